The first-order valence-electron chi connectivity index (χ1n) is 17.6. The number of alkyl carbamates (subject to hydrolysis) is 1. The van der Waals surface area contributed by atoms with Crippen molar-refractivity contribution in [3.05, 3.63) is 75.7 Å². The van der Waals surface area contributed by atoms with E-state index in [2.05, 4.69) is 39.8 Å². The average Bonchev–Trinajstić information content (AvgIpc) is 3.86. The first-order valence-corrected chi connectivity index (χ1v) is 20.8. The van der Waals surface area contributed by atoms with Crippen molar-refractivity contribution in [1.29, 1.82) is 0 Å². The van der Waals surface area contributed by atoms with Crippen LogP contribution in [0.4, 0.5) is 22.1 Å². The maximum Gasteiger partial charge on any atom is 0.469 e. The Hall–Kier alpha value is -5.60. The van der Waals surface area contributed by atoms with Gasteiger partial charge in [-0.3, -0.25) is 18.2 Å². The van der Waals surface area contributed by atoms with E-state index in [0.717, 1.165) is 18.6 Å². The number of carbonyl (C=O) groups is 2. The summed E-state index contributed by atoms with van der Waals surface area (Å²) >= 11 is 0. The number of carbonyl (C=O) groups excluding carboxylic acids is 2. The van der Waals surface area contributed by atoms with Crippen molar-refractivity contribution in [2.75, 3.05) is 24.7 Å². The molecule has 30 heteroatoms. The van der Waals surface area contributed by atoms with Gasteiger partial charge in [0.2, 0.25) is 0 Å². The number of imidazole rings is 1. The van der Waals surface area contributed by atoms with Crippen LogP contribution in [0.2, 0.25) is 0 Å². The Morgan fingerprint density at radius 1 is 0.984 bits per heavy atom. The molecule has 61 heavy (non-hydrogen) atoms. The molecule has 3 aromatic heterocycles. The first kappa shape index (κ1) is 44.9. The van der Waals surface area contributed by atoms with E-state index in [4.69, 9.17) is 40.5 Å². The number of ether oxygens (including phenoxy) is 4. The largest absolute Gasteiger partial charge is 0.469 e. The van der Waals surface area contributed by atoms with Gasteiger partial charge in [0.15, 0.2) is 30.0 Å². The van der Waals surface area contributed by atoms with Crippen LogP contribution >= 0.6 is 15.4 Å². The molecule has 6 rings (SSSR count). The lowest BCUT2D eigenvalue weighted by Gasteiger charge is -2.29. The summed E-state index contributed by atoms with van der Waals surface area (Å²) < 4.78 is 59.9. The van der Waals surface area contributed by atoms with Crippen molar-refractivity contribution < 1.29 is 71.6 Å². The molecule has 9 atom stereocenters. The normalized spacial score (nSPS) is 25.1. The van der Waals surface area contributed by atoms with E-state index < -0.39 is 101 Å². The van der Waals surface area contributed by atoms with Gasteiger partial charge in [0.25, 0.3) is 0 Å². The van der Waals surface area contributed by atoms with E-state index >= 15 is 0 Å². The zero-order valence-electron chi connectivity index (χ0n) is 31.7. The molecule has 2 aliphatic rings. The van der Waals surface area contributed by atoms with Crippen LogP contribution in [0.5, 0.6) is 0 Å². The molecular formula is C31H38N12O16P2. The molecule has 2 aliphatic heterocycles. The Bertz CT molecular complexity index is 2480. The summed E-state index contributed by atoms with van der Waals surface area (Å²) in [5, 5.41) is 28.7. The van der Waals surface area contributed by atoms with E-state index in [1.54, 1.807) is 12.1 Å². The Kier molecular flexibility index (Phi) is 13.1. The second-order valence-corrected chi connectivity index (χ2v) is 17.1. The standard InChI is InChI=1S/C31H38N12O16P2/c1-31(2,39-30(48)54-9-14-3-5-15(6-4-14)40-41-34)28(46)59-22-16(57-26(20(22)44)43-13-37-19-24(33)35-12-36-25(19)43)10-55-60(49,50)23-17(11-56-61(51,52)53)58-27(21(23)45)42-8-7-18(32)38-29(42)47/h3-8,12-13,16-17,20-23,26-27,44-45H,9-11H2,1-2H3,(H,39,48)(H,49,50)(H2,32,38,47)(H2,33,35,36)(H2,51,52,53)/t16-,17-,20-,21-,22-,23-,26-,27-/m1/s1. The molecule has 28 nitrogen and oxygen atoms in total. The predicted octanol–water partition coefficient (Wildman–Crippen LogP) is 0.00270. The highest BCUT2D eigenvalue weighted by molar-refractivity contribution is 7.53. The average molecular weight is 897 g/mol. The van der Waals surface area contributed by atoms with Gasteiger partial charge in [-0.1, -0.05) is 29.4 Å². The Morgan fingerprint density at radius 3 is 2.33 bits per heavy atom. The minimum absolute atomic E-state index is 0.0323. The molecule has 1 unspecified atom stereocenters. The molecule has 1 aromatic carbocycles. The van der Waals surface area contributed by atoms with Gasteiger partial charge in [-0.15, -0.1) is 0 Å². The summed E-state index contributed by atoms with van der Waals surface area (Å²) in [6.07, 6.45) is -10.1. The molecular weight excluding hydrogens is 858 g/mol. The van der Waals surface area contributed by atoms with Crippen LogP contribution in [0.25, 0.3) is 21.6 Å². The third-order valence-corrected chi connectivity index (χ3v) is 11.7. The second-order valence-electron chi connectivity index (χ2n) is 13.9. The van der Waals surface area contributed by atoms with E-state index in [0.29, 0.717) is 15.8 Å². The predicted molar refractivity (Wildman–Crippen MR) is 203 cm³/mol. The van der Waals surface area contributed by atoms with E-state index in [1.807, 2.05) is 0 Å². The number of nitrogens with zero attached hydrogens (tertiary/aromatic N) is 9. The monoisotopic (exact) mass is 896 g/mol. The van der Waals surface area contributed by atoms with Crippen LogP contribution in [0.1, 0.15) is 31.9 Å². The highest BCUT2D eigenvalue weighted by Crippen LogP contribution is 2.56. The quantitative estimate of drug-likeness (QED) is 0.0256. The number of hydrogen-bond acceptors (Lipinski definition) is 20. The van der Waals surface area contributed by atoms with Gasteiger partial charge in [0, 0.05) is 16.8 Å². The van der Waals surface area contributed by atoms with E-state index in [1.165, 1.54) is 36.9 Å². The van der Waals surface area contributed by atoms with Crippen LogP contribution in [-0.4, -0.2) is 121 Å². The second kappa shape index (κ2) is 17.8. The van der Waals surface area contributed by atoms with Crippen LogP contribution < -0.4 is 22.5 Å². The van der Waals surface area contributed by atoms with Crippen LogP contribution in [0.15, 0.2) is 59.1 Å². The smallest absolute Gasteiger partial charge is 0.455 e. The number of azide groups is 1. The highest BCUT2D eigenvalue weighted by atomic mass is 31.2. The van der Waals surface area contributed by atoms with Crippen LogP contribution in [-0.2, 0) is 48.5 Å². The van der Waals surface area contributed by atoms with Crippen molar-refractivity contribution in [3.63, 3.8) is 0 Å². The summed E-state index contributed by atoms with van der Waals surface area (Å²) in [5.74, 6) is -1.40. The lowest BCUT2D eigenvalue weighted by Crippen LogP contribution is -2.53. The summed E-state index contributed by atoms with van der Waals surface area (Å²) in [7, 11) is -10.5. The lowest BCUT2D eigenvalue weighted by atomic mass is 10.1. The third-order valence-electron chi connectivity index (χ3n) is 9.28. The highest BCUT2D eigenvalue weighted by Gasteiger charge is 2.57. The molecule has 2 saturated heterocycles. The molecule has 0 radical (unpaired) electrons. The number of aromatic nitrogens is 6. The van der Waals surface area contributed by atoms with Crippen LogP contribution in [0, 0.1) is 0 Å². The number of anilines is 2. The number of nitrogens with one attached hydrogen (secondary N) is 1. The molecule has 0 saturated carbocycles. The van der Waals surface area contributed by atoms with Gasteiger partial charge in [0.1, 0.15) is 59.9 Å². The number of nitrogen functional groups attached to an aromatic ring is 2. The molecule has 0 spiro atoms. The van der Waals surface area contributed by atoms with Gasteiger partial charge < -0.3 is 65.1 Å². The van der Waals surface area contributed by atoms with E-state index in [9.17, 15) is 48.4 Å². The number of phosphoric ester groups is 1. The fourth-order valence-corrected chi connectivity index (χ4v) is 8.30. The number of fused-ring (bicyclic) bond motifs is 1. The summed E-state index contributed by atoms with van der Waals surface area (Å²) in [6, 6.07) is 7.22. The Labute approximate surface area is 341 Å². The molecule has 5 heterocycles. The number of esters is 1. The summed E-state index contributed by atoms with van der Waals surface area (Å²) in [6.45, 7) is 0.184. The summed E-state index contributed by atoms with van der Waals surface area (Å²) in [5.41, 5.74) is 16.1. The fourth-order valence-electron chi connectivity index (χ4n) is 6.31. The number of phosphoric acid groups is 1. The number of hydrogen-bond donors (Lipinski definition) is 8. The molecule has 0 aliphatic carbocycles. The SMILES string of the molecule is CC(C)(NC(=O)OCc1ccc(N=[N+]=[N-])cc1)C(=O)O[C@H]1[C@@H](O)[C@H](n2cnc3c(N)ncnc32)O[C@@H]1COP(=O)(O)[C@H]1[C@@H](O)[C@H](n2ccc(N)nc2=O)O[C@@H]1COP(=O)(O)O. The fraction of sp³-hybridized carbons (Fsp3) is 0.452. The van der Waals surface area contributed by atoms with Crippen molar-refractivity contribution in [1.82, 2.24) is 34.4 Å². The minimum atomic E-state index is -5.29. The molecule has 2 fully saturated rings. The molecule has 1 amide bonds. The number of amides is 1. The molecule has 0 bridgehead atoms. The molecule has 4 aromatic rings. The Morgan fingerprint density at radius 2 is 1.66 bits per heavy atom. The van der Waals surface area contributed by atoms with Gasteiger partial charge in [0.05, 0.1) is 19.5 Å². The lowest BCUT2D eigenvalue weighted by molar-refractivity contribution is -0.163. The maximum absolute atomic E-state index is 14.0. The summed E-state index contributed by atoms with van der Waals surface area (Å²) in [4.78, 5) is 87.4. The van der Waals surface area contributed by atoms with Gasteiger partial charge in [-0.2, -0.15) is 4.98 Å². The van der Waals surface area contributed by atoms with Crippen molar-refractivity contribution in [3.8, 4) is 0 Å². The van der Waals surface area contributed by atoms with Crippen molar-refractivity contribution in [2.45, 2.75) is 74.6 Å². The number of rotatable bonds is 15. The van der Waals surface area contributed by atoms with E-state index in [-0.39, 0.29) is 29.4 Å². The first-order chi connectivity index (χ1) is 28.7. The third kappa shape index (κ3) is 10.1. The zero-order chi connectivity index (χ0) is 44.4. The Balaban J connectivity index is 1.22. The van der Waals surface area contributed by atoms with Gasteiger partial charge >= 0.3 is 33.2 Å². The van der Waals surface area contributed by atoms with Crippen LogP contribution in [0.3, 0.4) is 0 Å². The van der Waals surface area contributed by atoms with Crippen molar-refractivity contribution in [2.24, 2.45) is 5.11 Å². The molecule has 328 valence electrons. The topological polar surface area (TPSA) is 416 Å². The maximum atomic E-state index is 14.0. The van der Waals surface area contributed by atoms with Gasteiger partial charge in [-0.25, -0.2) is 33.9 Å². The number of nitrogens with two attached hydrogens (primary N) is 2. The molecule has 10 N–H and O–H groups in total. The van der Waals surface area contributed by atoms with Gasteiger partial charge in [-0.05, 0) is 31.0 Å². The van der Waals surface area contributed by atoms with Crippen molar-refractivity contribution >= 4 is 56.0 Å². The zero-order valence-corrected chi connectivity index (χ0v) is 33.4. The number of benzene rings is 1. The number of aliphatic hydroxyl groups is 2. The minimum Gasteiger partial charge on any atom is -0.455 e. The number of aliphatic hydroxyl groups excluding tert-OH is 2.